The van der Waals surface area contributed by atoms with Crippen LogP contribution in [-0.4, -0.2) is 26.3 Å². The highest BCUT2D eigenvalue weighted by Gasteiger charge is 2.06. The first kappa shape index (κ1) is 16.5. The van der Waals surface area contributed by atoms with E-state index in [0.717, 1.165) is 16.3 Å². The molecule has 0 atom stereocenters. The molecule has 126 valence electrons. The SMILES string of the molecule is COc1ccc(/C=N\NC(=O)c2ccc3ccccc3c2)cc1OC. The first-order valence-corrected chi connectivity index (χ1v) is 7.75. The predicted molar refractivity (Wildman–Crippen MR) is 98.6 cm³/mol. The number of nitrogens with one attached hydrogen (secondary N) is 1. The number of amides is 1. The fourth-order valence-corrected chi connectivity index (χ4v) is 2.49. The number of hydrogen-bond acceptors (Lipinski definition) is 4. The molecule has 0 saturated carbocycles. The van der Waals surface area contributed by atoms with E-state index in [0.29, 0.717) is 17.1 Å². The summed E-state index contributed by atoms with van der Waals surface area (Å²) in [7, 11) is 3.15. The van der Waals surface area contributed by atoms with E-state index in [1.54, 1.807) is 38.6 Å². The Morgan fingerprint density at radius 1 is 0.920 bits per heavy atom. The van der Waals surface area contributed by atoms with Crippen molar-refractivity contribution in [3.8, 4) is 11.5 Å². The van der Waals surface area contributed by atoms with E-state index in [2.05, 4.69) is 10.5 Å². The van der Waals surface area contributed by atoms with Crippen LogP contribution in [0.15, 0.2) is 65.8 Å². The van der Waals surface area contributed by atoms with Crippen molar-refractivity contribution in [1.29, 1.82) is 0 Å². The van der Waals surface area contributed by atoms with Crippen LogP contribution in [0.1, 0.15) is 15.9 Å². The van der Waals surface area contributed by atoms with Gasteiger partial charge in [-0.1, -0.05) is 30.3 Å². The fraction of sp³-hybridized carbons (Fsp3) is 0.100. The van der Waals surface area contributed by atoms with E-state index in [1.807, 2.05) is 42.5 Å². The maximum Gasteiger partial charge on any atom is 0.271 e. The van der Waals surface area contributed by atoms with Crippen LogP contribution in [-0.2, 0) is 0 Å². The number of rotatable bonds is 5. The molecule has 0 aliphatic rings. The standard InChI is InChI=1S/C20H18N2O3/c1-24-18-10-7-14(11-19(18)25-2)13-21-22-20(23)17-9-8-15-5-3-4-6-16(15)12-17/h3-13H,1-2H3,(H,22,23)/b21-13-. The fourth-order valence-electron chi connectivity index (χ4n) is 2.49. The molecule has 1 N–H and O–H groups in total. The summed E-state index contributed by atoms with van der Waals surface area (Å²) in [5.41, 5.74) is 3.88. The summed E-state index contributed by atoms with van der Waals surface area (Å²) in [5, 5.41) is 6.11. The van der Waals surface area contributed by atoms with Crippen LogP contribution in [0, 0.1) is 0 Å². The first-order chi connectivity index (χ1) is 12.2. The van der Waals surface area contributed by atoms with E-state index < -0.39 is 0 Å². The molecule has 3 rings (SSSR count). The number of carbonyl (C=O) groups is 1. The molecule has 5 heteroatoms. The van der Waals surface area contributed by atoms with E-state index in [-0.39, 0.29) is 5.91 Å². The number of ether oxygens (including phenoxy) is 2. The van der Waals surface area contributed by atoms with Gasteiger partial charge >= 0.3 is 0 Å². The van der Waals surface area contributed by atoms with E-state index in [9.17, 15) is 4.79 Å². The Kier molecular flexibility index (Phi) is 4.95. The highest BCUT2D eigenvalue weighted by molar-refractivity contribution is 5.99. The topological polar surface area (TPSA) is 59.9 Å². The minimum atomic E-state index is -0.262. The van der Waals surface area contributed by atoms with E-state index in [4.69, 9.17) is 9.47 Å². The maximum absolute atomic E-state index is 12.2. The molecule has 25 heavy (non-hydrogen) atoms. The predicted octanol–water partition coefficient (Wildman–Crippen LogP) is 3.62. The number of benzene rings is 3. The van der Waals surface area contributed by atoms with Gasteiger partial charge in [0, 0.05) is 5.56 Å². The molecule has 3 aromatic rings. The third kappa shape index (κ3) is 3.77. The molecule has 0 heterocycles. The summed E-state index contributed by atoms with van der Waals surface area (Å²) in [6.07, 6.45) is 1.56. The van der Waals surface area contributed by atoms with E-state index >= 15 is 0 Å². The first-order valence-electron chi connectivity index (χ1n) is 7.75. The third-order valence-corrected chi connectivity index (χ3v) is 3.80. The molecule has 0 bridgehead atoms. The normalized spacial score (nSPS) is 10.8. The van der Waals surface area contributed by atoms with Crippen LogP contribution in [0.3, 0.4) is 0 Å². The van der Waals surface area contributed by atoms with Gasteiger partial charge in [0.15, 0.2) is 11.5 Å². The molecule has 0 aliphatic heterocycles. The van der Waals surface area contributed by atoms with Gasteiger partial charge in [-0.2, -0.15) is 5.10 Å². The van der Waals surface area contributed by atoms with Crippen LogP contribution in [0.5, 0.6) is 11.5 Å². The van der Waals surface area contributed by atoms with Crippen LogP contribution in [0.2, 0.25) is 0 Å². The van der Waals surface area contributed by atoms with E-state index in [1.165, 1.54) is 0 Å². The lowest BCUT2D eigenvalue weighted by atomic mass is 10.1. The number of hydrazone groups is 1. The lowest BCUT2D eigenvalue weighted by Crippen LogP contribution is -2.17. The van der Waals surface area contributed by atoms with Gasteiger partial charge in [-0.15, -0.1) is 0 Å². The number of nitrogens with zero attached hydrogens (tertiary/aromatic N) is 1. The lowest BCUT2D eigenvalue weighted by molar-refractivity contribution is 0.0955. The van der Waals surface area contributed by atoms with Gasteiger partial charge in [-0.3, -0.25) is 4.79 Å². The van der Waals surface area contributed by atoms with Gasteiger partial charge in [0.05, 0.1) is 20.4 Å². The molecule has 1 amide bonds. The lowest BCUT2D eigenvalue weighted by Gasteiger charge is -2.07. The summed E-state index contributed by atoms with van der Waals surface area (Å²) in [6.45, 7) is 0. The molecular weight excluding hydrogens is 316 g/mol. The van der Waals surface area contributed by atoms with Gasteiger partial charge in [0.25, 0.3) is 5.91 Å². The number of fused-ring (bicyclic) bond motifs is 1. The molecule has 3 aromatic carbocycles. The molecule has 0 aliphatic carbocycles. The Balaban J connectivity index is 1.71. The Morgan fingerprint density at radius 3 is 2.44 bits per heavy atom. The van der Waals surface area contributed by atoms with Crippen LogP contribution in [0.4, 0.5) is 0 Å². The minimum Gasteiger partial charge on any atom is -0.493 e. The Hall–Kier alpha value is -3.34. The molecule has 0 fully saturated rings. The number of carbonyl (C=O) groups excluding carboxylic acids is 1. The van der Waals surface area contributed by atoms with Crippen molar-refractivity contribution < 1.29 is 14.3 Å². The summed E-state index contributed by atoms with van der Waals surface area (Å²) >= 11 is 0. The zero-order valence-corrected chi connectivity index (χ0v) is 14.0. The Morgan fingerprint density at radius 2 is 1.68 bits per heavy atom. The van der Waals surface area contributed by atoms with Crippen molar-refractivity contribution in [2.45, 2.75) is 0 Å². The highest BCUT2D eigenvalue weighted by Crippen LogP contribution is 2.26. The molecule has 5 nitrogen and oxygen atoms in total. The average molecular weight is 334 g/mol. The summed E-state index contributed by atoms with van der Waals surface area (Å²) < 4.78 is 10.4. The number of hydrogen-bond donors (Lipinski definition) is 1. The van der Waals surface area contributed by atoms with Crippen LogP contribution in [0.25, 0.3) is 10.8 Å². The molecule has 0 aromatic heterocycles. The third-order valence-electron chi connectivity index (χ3n) is 3.80. The quantitative estimate of drug-likeness (QED) is 0.573. The summed E-state index contributed by atoms with van der Waals surface area (Å²) in [5.74, 6) is 0.981. The Labute approximate surface area is 145 Å². The number of methoxy groups -OCH3 is 2. The molecule has 0 spiro atoms. The average Bonchev–Trinajstić information content (AvgIpc) is 2.67. The zero-order valence-electron chi connectivity index (χ0n) is 14.0. The molecule has 0 saturated heterocycles. The maximum atomic E-state index is 12.2. The summed E-state index contributed by atoms with van der Waals surface area (Å²) in [6, 6.07) is 18.8. The largest absolute Gasteiger partial charge is 0.493 e. The minimum absolute atomic E-state index is 0.262. The van der Waals surface area contributed by atoms with Crippen molar-refractivity contribution in [3.05, 3.63) is 71.8 Å². The second kappa shape index (κ2) is 7.49. The van der Waals surface area contributed by atoms with Crippen molar-refractivity contribution in [2.24, 2.45) is 5.10 Å². The zero-order chi connectivity index (χ0) is 17.6. The van der Waals surface area contributed by atoms with Crippen LogP contribution >= 0.6 is 0 Å². The van der Waals surface area contributed by atoms with Crippen molar-refractivity contribution in [1.82, 2.24) is 5.43 Å². The smallest absolute Gasteiger partial charge is 0.271 e. The van der Waals surface area contributed by atoms with Gasteiger partial charge in [0.1, 0.15) is 0 Å². The van der Waals surface area contributed by atoms with Crippen molar-refractivity contribution >= 4 is 22.9 Å². The molecular formula is C20H18N2O3. The second-order valence-electron chi connectivity index (χ2n) is 5.38. The van der Waals surface area contributed by atoms with Crippen molar-refractivity contribution in [2.75, 3.05) is 14.2 Å². The van der Waals surface area contributed by atoms with Crippen molar-refractivity contribution in [3.63, 3.8) is 0 Å². The van der Waals surface area contributed by atoms with Crippen LogP contribution < -0.4 is 14.9 Å². The van der Waals surface area contributed by atoms with Gasteiger partial charge < -0.3 is 9.47 Å². The van der Waals surface area contributed by atoms with Gasteiger partial charge in [0.2, 0.25) is 0 Å². The highest BCUT2D eigenvalue weighted by atomic mass is 16.5. The Bertz CT molecular complexity index is 935. The second-order valence-corrected chi connectivity index (χ2v) is 5.38. The summed E-state index contributed by atoms with van der Waals surface area (Å²) in [4.78, 5) is 12.2. The van der Waals surface area contributed by atoms with Gasteiger partial charge in [-0.25, -0.2) is 5.43 Å². The molecule has 0 unspecified atom stereocenters. The van der Waals surface area contributed by atoms with Gasteiger partial charge in [-0.05, 0) is 46.7 Å². The molecule has 0 radical (unpaired) electrons. The monoisotopic (exact) mass is 334 g/mol.